The molecule has 2 N–H and O–H groups in total. The molecule has 0 heterocycles. The number of phenolic OH excluding ortho intramolecular Hbond substituents is 2. The van der Waals surface area contributed by atoms with E-state index >= 15 is 0 Å². The van der Waals surface area contributed by atoms with Gasteiger partial charge in [0.05, 0.1) is 22.5 Å². The summed E-state index contributed by atoms with van der Waals surface area (Å²) in [6.45, 7) is 0. The highest BCUT2D eigenvalue weighted by molar-refractivity contribution is 9.11. The van der Waals surface area contributed by atoms with Crippen LogP contribution in [0.4, 0.5) is 0 Å². The lowest BCUT2D eigenvalue weighted by molar-refractivity contribution is -0.139. The topological polar surface area (TPSA) is 66.8 Å². The fourth-order valence-electron chi connectivity index (χ4n) is 1.01. The zero-order valence-corrected chi connectivity index (χ0v) is 10.9. The second-order valence-corrected chi connectivity index (χ2v) is 4.43. The van der Waals surface area contributed by atoms with Gasteiger partial charge in [0.2, 0.25) is 0 Å². The summed E-state index contributed by atoms with van der Waals surface area (Å²) >= 11 is 6.14. The number of phenols is 2. The molecule has 4 nitrogen and oxygen atoms in total. The highest BCUT2D eigenvalue weighted by atomic mass is 79.9. The van der Waals surface area contributed by atoms with Gasteiger partial charge < -0.3 is 14.9 Å². The molecule has 0 saturated heterocycles. The number of carbonyl (C=O) groups excluding carboxylic acids is 1. The lowest BCUT2D eigenvalue weighted by Gasteiger charge is -2.08. The molecule has 1 rings (SSSR count). The van der Waals surface area contributed by atoms with Gasteiger partial charge in [0.1, 0.15) is 0 Å². The van der Waals surface area contributed by atoms with Crippen LogP contribution in [0.3, 0.4) is 0 Å². The van der Waals surface area contributed by atoms with Crippen LogP contribution in [0.15, 0.2) is 15.0 Å². The standard InChI is InChI=1S/C9H8Br2O4/c1-15-6(12)3-4-2-5(10)8(13)9(14)7(4)11/h2,13-14H,3H2,1H3. The van der Waals surface area contributed by atoms with E-state index in [0.29, 0.717) is 10.0 Å². The average Bonchev–Trinajstić information content (AvgIpc) is 2.22. The number of esters is 1. The Balaban J connectivity index is 3.15. The van der Waals surface area contributed by atoms with Crippen molar-refractivity contribution in [3.05, 3.63) is 20.6 Å². The smallest absolute Gasteiger partial charge is 0.310 e. The predicted molar refractivity (Wildman–Crippen MR) is 60.9 cm³/mol. The maximum Gasteiger partial charge on any atom is 0.310 e. The number of aromatic hydroxyl groups is 2. The van der Waals surface area contributed by atoms with E-state index in [0.717, 1.165) is 0 Å². The molecule has 1 aromatic rings. The average molecular weight is 340 g/mol. The molecular formula is C9H8Br2O4. The molecule has 6 heteroatoms. The number of hydrogen-bond donors (Lipinski definition) is 2. The molecule has 0 aliphatic carbocycles. The first-order valence-corrected chi connectivity index (χ1v) is 5.51. The summed E-state index contributed by atoms with van der Waals surface area (Å²) in [6.07, 6.45) is 0.0174. The zero-order chi connectivity index (χ0) is 11.6. The normalized spacial score (nSPS) is 10.1. The minimum atomic E-state index is -0.423. The Labute approximate surface area is 103 Å². The first-order valence-electron chi connectivity index (χ1n) is 3.93. The third kappa shape index (κ3) is 2.63. The molecule has 0 atom stereocenters. The minimum absolute atomic E-state index is 0.0174. The second-order valence-electron chi connectivity index (χ2n) is 2.78. The van der Waals surface area contributed by atoms with Crippen LogP contribution in [0, 0.1) is 0 Å². The van der Waals surface area contributed by atoms with Crippen LogP contribution in [-0.2, 0) is 16.0 Å². The van der Waals surface area contributed by atoms with Crippen LogP contribution in [0.5, 0.6) is 11.5 Å². The van der Waals surface area contributed by atoms with Gasteiger partial charge in [0.25, 0.3) is 0 Å². The van der Waals surface area contributed by atoms with E-state index in [1.54, 1.807) is 0 Å². The Morgan fingerprint density at radius 3 is 2.53 bits per heavy atom. The van der Waals surface area contributed by atoms with E-state index in [-0.39, 0.29) is 22.4 Å². The molecule has 1 aromatic carbocycles. The van der Waals surface area contributed by atoms with Crippen LogP contribution in [0.1, 0.15) is 5.56 Å². The molecule has 0 amide bonds. The number of carbonyl (C=O) groups is 1. The van der Waals surface area contributed by atoms with Crippen LogP contribution in [0.2, 0.25) is 0 Å². The van der Waals surface area contributed by atoms with Gasteiger partial charge in [-0.15, -0.1) is 0 Å². The highest BCUT2D eigenvalue weighted by Crippen LogP contribution is 2.41. The van der Waals surface area contributed by atoms with Crippen molar-refractivity contribution < 1.29 is 19.7 Å². The van der Waals surface area contributed by atoms with Gasteiger partial charge in [-0.25, -0.2) is 0 Å². The van der Waals surface area contributed by atoms with Crippen molar-refractivity contribution in [1.82, 2.24) is 0 Å². The van der Waals surface area contributed by atoms with Crippen molar-refractivity contribution in [2.24, 2.45) is 0 Å². The van der Waals surface area contributed by atoms with Crippen molar-refractivity contribution in [2.75, 3.05) is 7.11 Å². The van der Waals surface area contributed by atoms with Gasteiger partial charge in [-0.1, -0.05) is 0 Å². The third-order valence-corrected chi connectivity index (χ3v) is 3.29. The summed E-state index contributed by atoms with van der Waals surface area (Å²) in [5.74, 6) is -0.994. The van der Waals surface area contributed by atoms with Gasteiger partial charge in [-0.3, -0.25) is 4.79 Å². The summed E-state index contributed by atoms with van der Waals surface area (Å²) in [5, 5.41) is 18.8. The van der Waals surface area contributed by atoms with E-state index in [4.69, 9.17) is 0 Å². The summed E-state index contributed by atoms with van der Waals surface area (Å²) in [7, 11) is 1.28. The Bertz CT molecular complexity index is 404. The first-order chi connectivity index (χ1) is 6.97. The Morgan fingerprint density at radius 1 is 1.40 bits per heavy atom. The second kappa shape index (κ2) is 4.85. The van der Waals surface area contributed by atoms with Crippen molar-refractivity contribution >= 4 is 37.8 Å². The number of benzene rings is 1. The molecular weight excluding hydrogens is 332 g/mol. The van der Waals surface area contributed by atoms with Gasteiger partial charge in [0, 0.05) is 0 Å². The monoisotopic (exact) mass is 338 g/mol. The molecule has 0 spiro atoms. The predicted octanol–water partition coefficient (Wildman–Crippen LogP) is 2.34. The molecule has 0 unspecified atom stereocenters. The lowest BCUT2D eigenvalue weighted by Crippen LogP contribution is -2.05. The molecule has 0 fully saturated rings. The fourth-order valence-corrected chi connectivity index (χ4v) is 1.92. The summed E-state index contributed by atoms with van der Waals surface area (Å²) in [6, 6.07) is 1.54. The molecule has 0 aliphatic rings. The zero-order valence-electron chi connectivity index (χ0n) is 7.75. The number of halogens is 2. The number of hydrogen-bond acceptors (Lipinski definition) is 4. The number of ether oxygens (including phenoxy) is 1. The molecule has 82 valence electrons. The first kappa shape index (κ1) is 12.3. The lowest BCUT2D eigenvalue weighted by atomic mass is 10.1. The molecule has 0 bridgehead atoms. The van der Waals surface area contributed by atoms with Crippen LogP contribution >= 0.6 is 31.9 Å². The summed E-state index contributed by atoms with van der Waals surface area (Å²) in [5.41, 5.74) is 0.532. The van der Waals surface area contributed by atoms with E-state index in [9.17, 15) is 15.0 Å². The van der Waals surface area contributed by atoms with Crippen LogP contribution in [-0.4, -0.2) is 23.3 Å². The maximum atomic E-state index is 11.0. The molecule has 0 saturated carbocycles. The SMILES string of the molecule is COC(=O)Cc1cc(Br)c(O)c(O)c1Br. The van der Waals surface area contributed by atoms with Crippen molar-refractivity contribution in [2.45, 2.75) is 6.42 Å². The van der Waals surface area contributed by atoms with Crippen LogP contribution < -0.4 is 0 Å². The summed E-state index contributed by atoms with van der Waals surface area (Å²) in [4.78, 5) is 11.0. The van der Waals surface area contributed by atoms with E-state index in [1.165, 1.54) is 13.2 Å². The molecule has 15 heavy (non-hydrogen) atoms. The Kier molecular flexibility index (Phi) is 3.98. The maximum absolute atomic E-state index is 11.0. The van der Waals surface area contributed by atoms with Gasteiger partial charge >= 0.3 is 5.97 Å². The Hall–Kier alpha value is -0.750. The number of methoxy groups -OCH3 is 1. The highest BCUT2D eigenvalue weighted by Gasteiger charge is 2.16. The molecule has 0 aliphatic heterocycles. The van der Waals surface area contributed by atoms with Crippen molar-refractivity contribution in [3.8, 4) is 11.5 Å². The van der Waals surface area contributed by atoms with E-state index in [2.05, 4.69) is 36.6 Å². The number of rotatable bonds is 2. The quantitative estimate of drug-likeness (QED) is 0.641. The molecule has 0 radical (unpaired) electrons. The van der Waals surface area contributed by atoms with Crippen molar-refractivity contribution in [1.29, 1.82) is 0 Å². The largest absolute Gasteiger partial charge is 0.503 e. The van der Waals surface area contributed by atoms with Crippen LogP contribution in [0.25, 0.3) is 0 Å². The van der Waals surface area contributed by atoms with Gasteiger partial charge in [0.15, 0.2) is 11.5 Å². The van der Waals surface area contributed by atoms with E-state index in [1.807, 2.05) is 0 Å². The van der Waals surface area contributed by atoms with E-state index < -0.39 is 5.97 Å². The summed E-state index contributed by atoms with van der Waals surface area (Å²) < 4.78 is 5.11. The fraction of sp³-hybridized carbons (Fsp3) is 0.222. The minimum Gasteiger partial charge on any atom is -0.503 e. The van der Waals surface area contributed by atoms with Crippen molar-refractivity contribution in [3.63, 3.8) is 0 Å². The molecule has 0 aromatic heterocycles. The third-order valence-electron chi connectivity index (χ3n) is 1.80. The van der Waals surface area contributed by atoms with Gasteiger partial charge in [-0.2, -0.15) is 0 Å². The van der Waals surface area contributed by atoms with Gasteiger partial charge in [-0.05, 0) is 43.5 Å². The Morgan fingerprint density at radius 2 is 2.00 bits per heavy atom.